The standard InChI is InChI=1S/C19H23NO5S/c1-4-15-17(19(21)24-5-2)18-16(25-15)7-6-12-20(18)26(22,23)14-10-8-13(3)9-11-14/h4,6-11,15-18H,1,5,12H2,2-3H3/t15-,16+,17-,18-/m1/s1. The van der Waals surface area contributed by atoms with E-state index in [1.165, 1.54) is 10.4 Å². The summed E-state index contributed by atoms with van der Waals surface area (Å²) >= 11 is 0. The Morgan fingerprint density at radius 3 is 2.69 bits per heavy atom. The predicted molar refractivity (Wildman–Crippen MR) is 97.0 cm³/mol. The molecule has 0 bridgehead atoms. The van der Waals surface area contributed by atoms with Crippen molar-refractivity contribution in [2.45, 2.75) is 37.0 Å². The molecule has 0 N–H and O–H groups in total. The minimum atomic E-state index is -3.79. The zero-order valence-electron chi connectivity index (χ0n) is 14.9. The Hall–Kier alpha value is -1.96. The third-order valence-corrected chi connectivity index (χ3v) is 6.61. The number of nitrogens with zero attached hydrogens (tertiary/aromatic N) is 1. The second-order valence-electron chi connectivity index (χ2n) is 6.39. The number of hydrogen-bond acceptors (Lipinski definition) is 5. The van der Waals surface area contributed by atoms with Crippen LogP contribution >= 0.6 is 0 Å². The molecule has 4 atom stereocenters. The van der Waals surface area contributed by atoms with Crippen molar-refractivity contribution in [2.24, 2.45) is 5.92 Å². The summed E-state index contributed by atoms with van der Waals surface area (Å²) in [6, 6.07) is 6.01. The highest BCUT2D eigenvalue weighted by Gasteiger charge is 2.53. The number of sulfonamides is 1. The summed E-state index contributed by atoms with van der Waals surface area (Å²) in [6.45, 7) is 7.74. The van der Waals surface area contributed by atoms with Gasteiger partial charge < -0.3 is 9.47 Å². The maximum Gasteiger partial charge on any atom is 0.313 e. The van der Waals surface area contributed by atoms with Gasteiger partial charge in [-0.05, 0) is 26.0 Å². The lowest BCUT2D eigenvalue weighted by Gasteiger charge is -2.34. The molecule has 6 nitrogen and oxygen atoms in total. The lowest BCUT2D eigenvalue weighted by molar-refractivity contribution is -0.150. The van der Waals surface area contributed by atoms with E-state index in [-0.39, 0.29) is 18.0 Å². The van der Waals surface area contributed by atoms with E-state index in [2.05, 4.69) is 6.58 Å². The van der Waals surface area contributed by atoms with Crippen LogP contribution in [0.2, 0.25) is 0 Å². The average Bonchev–Trinajstić information content (AvgIpc) is 3.00. The zero-order valence-corrected chi connectivity index (χ0v) is 15.7. The zero-order chi connectivity index (χ0) is 18.9. The van der Waals surface area contributed by atoms with E-state index >= 15 is 0 Å². The monoisotopic (exact) mass is 377 g/mol. The molecule has 7 heteroatoms. The smallest absolute Gasteiger partial charge is 0.313 e. The minimum absolute atomic E-state index is 0.181. The third-order valence-electron chi connectivity index (χ3n) is 4.74. The van der Waals surface area contributed by atoms with Gasteiger partial charge in [0.2, 0.25) is 10.0 Å². The lowest BCUT2D eigenvalue weighted by atomic mass is 9.92. The van der Waals surface area contributed by atoms with Crippen molar-refractivity contribution in [3.05, 3.63) is 54.6 Å². The van der Waals surface area contributed by atoms with Crippen LogP contribution in [-0.4, -0.2) is 50.1 Å². The number of benzene rings is 1. The maximum absolute atomic E-state index is 13.2. The molecule has 26 heavy (non-hydrogen) atoms. The molecule has 0 aromatic heterocycles. The molecule has 0 unspecified atom stereocenters. The van der Waals surface area contributed by atoms with Crippen molar-refractivity contribution >= 4 is 16.0 Å². The van der Waals surface area contributed by atoms with Gasteiger partial charge in [0.15, 0.2) is 0 Å². The van der Waals surface area contributed by atoms with Crippen molar-refractivity contribution in [3.63, 3.8) is 0 Å². The molecule has 0 spiro atoms. The first-order valence-corrected chi connectivity index (χ1v) is 10.0. The number of aryl methyl sites for hydroxylation is 1. The first kappa shape index (κ1) is 18.8. The van der Waals surface area contributed by atoms with Gasteiger partial charge in [0.1, 0.15) is 5.92 Å². The molecule has 2 heterocycles. The van der Waals surface area contributed by atoms with Crippen molar-refractivity contribution in [1.29, 1.82) is 0 Å². The second kappa shape index (κ2) is 7.34. The fourth-order valence-corrected chi connectivity index (χ4v) is 5.09. The van der Waals surface area contributed by atoms with Crippen LogP contribution in [0.1, 0.15) is 12.5 Å². The molecule has 0 amide bonds. The molecule has 0 radical (unpaired) electrons. The van der Waals surface area contributed by atoms with Crippen molar-refractivity contribution < 1.29 is 22.7 Å². The highest BCUT2D eigenvalue weighted by atomic mass is 32.2. The molecule has 2 aliphatic heterocycles. The highest BCUT2D eigenvalue weighted by molar-refractivity contribution is 7.89. The van der Waals surface area contributed by atoms with Gasteiger partial charge in [0.25, 0.3) is 0 Å². The Balaban J connectivity index is 2.01. The van der Waals surface area contributed by atoms with Crippen LogP contribution in [0.4, 0.5) is 0 Å². The van der Waals surface area contributed by atoms with Crippen LogP contribution < -0.4 is 0 Å². The fraction of sp³-hybridized carbons (Fsp3) is 0.421. The van der Waals surface area contributed by atoms with Crippen LogP contribution in [0, 0.1) is 12.8 Å². The molecule has 1 fully saturated rings. The SMILES string of the molecule is C=C[C@H]1O[C@H]2C=CCN(S(=O)(=O)c3ccc(C)cc3)[C@H]2[C@@H]1C(=O)OCC. The largest absolute Gasteiger partial charge is 0.466 e. The second-order valence-corrected chi connectivity index (χ2v) is 8.28. The van der Waals surface area contributed by atoms with Gasteiger partial charge >= 0.3 is 5.97 Å². The summed E-state index contributed by atoms with van der Waals surface area (Å²) in [4.78, 5) is 12.7. The first-order chi connectivity index (χ1) is 12.4. The van der Waals surface area contributed by atoms with Crippen molar-refractivity contribution in [3.8, 4) is 0 Å². The molecule has 1 aromatic carbocycles. The Bertz CT molecular complexity index is 815. The normalized spacial score (nSPS) is 28.5. The van der Waals surface area contributed by atoms with E-state index in [0.717, 1.165) is 5.56 Å². The van der Waals surface area contributed by atoms with Gasteiger partial charge in [-0.3, -0.25) is 4.79 Å². The molecule has 140 valence electrons. The van der Waals surface area contributed by atoms with Gasteiger partial charge in [-0.25, -0.2) is 8.42 Å². The Labute approximate surface area is 154 Å². The summed E-state index contributed by atoms with van der Waals surface area (Å²) in [5.41, 5.74) is 0.973. The number of fused-ring (bicyclic) bond motifs is 1. The van der Waals surface area contributed by atoms with E-state index < -0.39 is 40.2 Å². The van der Waals surface area contributed by atoms with E-state index in [1.54, 1.807) is 37.3 Å². The molecule has 0 saturated carbocycles. The van der Waals surface area contributed by atoms with Crippen LogP contribution in [0.5, 0.6) is 0 Å². The van der Waals surface area contributed by atoms with Crippen LogP contribution in [0.25, 0.3) is 0 Å². The van der Waals surface area contributed by atoms with E-state index in [1.807, 2.05) is 13.0 Å². The fourth-order valence-electron chi connectivity index (χ4n) is 3.49. The predicted octanol–water partition coefficient (Wildman–Crippen LogP) is 2.06. The third kappa shape index (κ3) is 3.22. The van der Waals surface area contributed by atoms with Crippen molar-refractivity contribution in [1.82, 2.24) is 4.31 Å². The van der Waals surface area contributed by atoms with Crippen LogP contribution in [0.15, 0.2) is 54.0 Å². The minimum Gasteiger partial charge on any atom is -0.466 e. The first-order valence-electron chi connectivity index (χ1n) is 8.60. The highest BCUT2D eigenvalue weighted by Crippen LogP contribution is 2.38. The number of esters is 1. The molecule has 2 aliphatic rings. The maximum atomic E-state index is 13.2. The number of carbonyl (C=O) groups is 1. The number of ether oxygens (including phenoxy) is 2. The van der Waals surface area contributed by atoms with Crippen LogP contribution in [0.3, 0.4) is 0 Å². The van der Waals surface area contributed by atoms with E-state index in [9.17, 15) is 13.2 Å². The summed E-state index contributed by atoms with van der Waals surface area (Å²) in [5.74, 6) is -1.22. The Morgan fingerprint density at radius 2 is 2.08 bits per heavy atom. The average molecular weight is 377 g/mol. The van der Waals surface area contributed by atoms with Gasteiger partial charge in [0, 0.05) is 6.54 Å². The quantitative estimate of drug-likeness (QED) is 0.580. The molecule has 0 aliphatic carbocycles. The lowest BCUT2D eigenvalue weighted by Crippen LogP contribution is -2.52. The topological polar surface area (TPSA) is 72.9 Å². The van der Waals surface area contributed by atoms with Gasteiger partial charge in [-0.2, -0.15) is 4.31 Å². The van der Waals surface area contributed by atoms with Gasteiger partial charge in [0.05, 0.1) is 29.8 Å². The van der Waals surface area contributed by atoms with Gasteiger partial charge in [-0.1, -0.05) is 35.9 Å². The summed E-state index contributed by atoms with van der Waals surface area (Å²) in [7, 11) is -3.79. The molecular weight excluding hydrogens is 354 g/mol. The Morgan fingerprint density at radius 1 is 1.38 bits per heavy atom. The van der Waals surface area contributed by atoms with E-state index in [0.29, 0.717) is 0 Å². The van der Waals surface area contributed by atoms with Crippen molar-refractivity contribution in [2.75, 3.05) is 13.2 Å². The van der Waals surface area contributed by atoms with Gasteiger partial charge in [-0.15, -0.1) is 6.58 Å². The molecule has 3 rings (SSSR count). The summed E-state index contributed by atoms with van der Waals surface area (Å²) in [6.07, 6.45) is 3.98. The number of hydrogen-bond donors (Lipinski definition) is 0. The molecule has 1 saturated heterocycles. The molecule has 1 aromatic rings. The van der Waals surface area contributed by atoms with Crippen LogP contribution in [-0.2, 0) is 24.3 Å². The Kier molecular flexibility index (Phi) is 5.32. The number of rotatable bonds is 5. The van der Waals surface area contributed by atoms with E-state index in [4.69, 9.17) is 9.47 Å². The molecular formula is C19H23NO5S. The summed E-state index contributed by atoms with van der Waals surface area (Å²) in [5, 5.41) is 0. The summed E-state index contributed by atoms with van der Waals surface area (Å²) < 4.78 is 38.8. The number of carbonyl (C=O) groups excluding carboxylic acids is 1.